The second-order valence-electron chi connectivity index (χ2n) is 9.01. The lowest BCUT2D eigenvalue weighted by molar-refractivity contribution is -0.123. The highest BCUT2D eigenvalue weighted by molar-refractivity contribution is 5.90. The summed E-state index contributed by atoms with van der Waals surface area (Å²) in [6, 6.07) is 21.2. The van der Waals surface area contributed by atoms with Crippen molar-refractivity contribution in [3.8, 4) is 0 Å². The van der Waals surface area contributed by atoms with Gasteiger partial charge in [-0.1, -0.05) is 116 Å². The van der Waals surface area contributed by atoms with Gasteiger partial charge in [0.1, 0.15) is 5.78 Å². The van der Waals surface area contributed by atoms with Crippen LogP contribution in [-0.4, -0.2) is 5.78 Å². The Kier molecular flexibility index (Phi) is 7.35. The summed E-state index contributed by atoms with van der Waals surface area (Å²) in [6.07, 6.45) is 17.6. The van der Waals surface area contributed by atoms with Crippen molar-refractivity contribution in [3.05, 3.63) is 108 Å². The van der Waals surface area contributed by atoms with E-state index in [2.05, 4.69) is 91.9 Å². The number of carbonyl (C=O) groups excluding carboxylic acids is 1. The van der Waals surface area contributed by atoms with E-state index in [9.17, 15) is 4.79 Å². The topological polar surface area (TPSA) is 17.1 Å². The predicted octanol–water partition coefficient (Wildman–Crippen LogP) is 7.78. The van der Waals surface area contributed by atoms with Gasteiger partial charge in [-0.05, 0) is 42.7 Å². The maximum absolute atomic E-state index is 14.0. The van der Waals surface area contributed by atoms with Gasteiger partial charge in [-0.25, -0.2) is 0 Å². The van der Waals surface area contributed by atoms with Crippen LogP contribution in [0.4, 0.5) is 0 Å². The van der Waals surface area contributed by atoms with Crippen LogP contribution in [0, 0.1) is 11.8 Å². The zero-order chi connectivity index (χ0) is 21.5. The molecule has 0 heterocycles. The molecule has 1 nitrogen and oxygen atoms in total. The molecule has 2 aromatic rings. The zero-order valence-electron chi connectivity index (χ0n) is 18.6. The lowest BCUT2D eigenvalue weighted by Gasteiger charge is -2.27. The number of hydrogen-bond acceptors (Lipinski definition) is 1. The van der Waals surface area contributed by atoms with Crippen molar-refractivity contribution in [2.45, 2.75) is 57.3 Å². The van der Waals surface area contributed by atoms with Gasteiger partial charge in [-0.3, -0.25) is 4.79 Å². The first-order chi connectivity index (χ1) is 15.3. The van der Waals surface area contributed by atoms with Crippen molar-refractivity contribution in [1.82, 2.24) is 0 Å². The number of hydrogen-bond donors (Lipinski definition) is 0. The van der Waals surface area contributed by atoms with Crippen molar-refractivity contribution in [2.24, 2.45) is 11.8 Å². The van der Waals surface area contributed by atoms with Crippen LogP contribution < -0.4 is 0 Å². The van der Waals surface area contributed by atoms with E-state index in [1.165, 1.54) is 30.4 Å². The first-order valence-electron chi connectivity index (χ1n) is 12.0. The van der Waals surface area contributed by atoms with Gasteiger partial charge in [0.2, 0.25) is 0 Å². The largest absolute Gasteiger partial charge is 0.298 e. The minimum absolute atomic E-state index is 0.00587. The molecule has 0 N–H and O–H groups in total. The van der Waals surface area contributed by atoms with Gasteiger partial charge in [0.15, 0.2) is 0 Å². The van der Waals surface area contributed by atoms with E-state index >= 15 is 0 Å². The number of rotatable bonds is 9. The summed E-state index contributed by atoms with van der Waals surface area (Å²) in [5.41, 5.74) is 3.99. The lowest BCUT2D eigenvalue weighted by Crippen LogP contribution is -2.26. The summed E-state index contributed by atoms with van der Waals surface area (Å²) in [7, 11) is 0. The molecule has 0 bridgehead atoms. The first-order valence-corrected chi connectivity index (χ1v) is 12.0. The third kappa shape index (κ3) is 5.15. The molecule has 0 saturated heterocycles. The van der Waals surface area contributed by atoms with Crippen LogP contribution >= 0.6 is 0 Å². The van der Waals surface area contributed by atoms with Crippen LogP contribution in [0.15, 0.2) is 96.6 Å². The summed E-state index contributed by atoms with van der Waals surface area (Å²) in [5, 5.41) is 0. The SMILES string of the molecule is CCCCCC1=CC(C(=O)C(c2ccccc2)[C@H]2C=CC=CC2)CC1c1ccccc1. The minimum Gasteiger partial charge on any atom is -0.298 e. The summed E-state index contributed by atoms with van der Waals surface area (Å²) in [4.78, 5) is 14.0. The molecule has 2 aromatic carbocycles. The van der Waals surface area contributed by atoms with Gasteiger partial charge < -0.3 is 0 Å². The molecular weight excluding hydrogens is 376 g/mol. The second kappa shape index (κ2) is 10.6. The van der Waals surface area contributed by atoms with E-state index in [4.69, 9.17) is 0 Å². The molecule has 2 aliphatic carbocycles. The van der Waals surface area contributed by atoms with Gasteiger partial charge in [-0.15, -0.1) is 0 Å². The Labute approximate surface area is 187 Å². The van der Waals surface area contributed by atoms with Crippen LogP contribution in [-0.2, 0) is 4.79 Å². The fourth-order valence-electron chi connectivity index (χ4n) is 5.28. The highest BCUT2D eigenvalue weighted by Gasteiger charge is 2.37. The Balaban J connectivity index is 1.61. The van der Waals surface area contributed by atoms with E-state index < -0.39 is 0 Å². The maximum Gasteiger partial charge on any atom is 0.147 e. The quantitative estimate of drug-likeness (QED) is 0.305. The van der Waals surface area contributed by atoms with Crippen molar-refractivity contribution < 1.29 is 4.79 Å². The fraction of sp³-hybridized carbons (Fsp3) is 0.367. The van der Waals surface area contributed by atoms with E-state index in [0.717, 1.165) is 24.8 Å². The van der Waals surface area contributed by atoms with Crippen molar-refractivity contribution in [1.29, 1.82) is 0 Å². The molecular formula is C30H34O. The van der Waals surface area contributed by atoms with Crippen LogP contribution in [0.25, 0.3) is 0 Å². The molecule has 2 aliphatic rings. The first kappa shape index (κ1) is 21.6. The number of carbonyl (C=O) groups is 1. The molecule has 0 amide bonds. The maximum atomic E-state index is 14.0. The van der Waals surface area contributed by atoms with Gasteiger partial charge in [0.25, 0.3) is 0 Å². The van der Waals surface area contributed by atoms with Crippen LogP contribution in [0.5, 0.6) is 0 Å². The Morgan fingerprint density at radius 3 is 2.39 bits per heavy atom. The average molecular weight is 411 g/mol. The van der Waals surface area contributed by atoms with E-state index in [-0.39, 0.29) is 17.8 Å². The second-order valence-corrected chi connectivity index (χ2v) is 9.01. The summed E-state index contributed by atoms with van der Waals surface area (Å²) < 4.78 is 0. The molecule has 4 rings (SSSR count). The van der Waals surface area contributed by atoms with Gasteiger partial charge in [0, 0.05) is 17.8 Å². The smallest absolute Gasteiger partial charge is 0.147 e. The number of Topliss-reactive ketones (excluding diaryl/α,β-unsaturated/α-hetero) is 1. The molecule has 0 radical (unpaired) electrons. The summed E-state index contributed by atoms with van der Waals surface area (Å²) in [6.45, 7) is 2.25. The zero-order valence-corrected chi connectivity index (χ0v) is 18.6. The number of ketones is 1. The Bertz CT molecular complexity index is 935. The molecule has 31 heavy (non-hydrogen) atoms. The highest BCUT2D eigenvalue weighted by atomic mass is 16.1. The van der Waals surface area contributed by atoms with Crippen LogP contribution in [0.1, 0.15) is 68.4 Å². The minimum atomic E-state index is -0.0740. The third-order valence-corrected chi connectivity index (χ3v) is 6.90. The van der Waals surface area contributed by atoms with Gasteiger partial charge in [-0.2, -0.15) is 0 Å². The number of unbranched alkanes of at least 4 members (excludes halogenated alkanes) is 2. The standard InChI is InChI=1S/C30H34O/c1-2-3-7-20-26-21-27(22-28(26)23-14-8-4-9-15-23)30(31)29(24-16-10-5-11-17-24)25-18-12-6-13-19-25/h4-6,8-18,21,25,27-29H,2-3,7,19-20,22H2,1H3/t25-,27?,28?,29?/m0/s1. The number of benzene rings is 2. The van der Waals surface area contributed by atoms with E-state index in [0.29, 0.717) is 11.7 Å². The monoisotopic (exact) mass is 410 g/mol. The molecule has 0 saturated carbocycles. The molecule has 0 fully saturated rings. The predicted molar refractivity (Wildman–Crippen MR) is 130 cm³/mol. The molecule has 0 spiro atoms. The van der Waals surface area contributed by atoms with E-state index in [1.807, 2.05) is 6.07 Å². The molecule has 4 atom stereocenters. The van der Waals surface area contributed by atoms with Gasteiger partial charge in [0.05, 0.1) is 0 Å². The molecule has 3 unspecified atom stereocenters. The van der Waals surface area contributed by atoms with Gasteiger partial charge >= 0.3 is 0 Å². The molecule has 160 valence electrons. The lowest BCUT2D eigenvalue weighted by atomic mass is 9.75. The van der Waals surface area contributed by atoms with Crippen LogP contribution in [0.2, 0.25) is 0 Å². The third-order valence-electron chi connectivity index (χ3n) is 6.90. The van der Waals surface area contributed by atoms with Crippen LogP contribution in [0.3, 0.4) is 0 Å². The molecule has 0 aromatic heterocycles. The van der Waals surface area contributed by atoms with Crippen molar-refractivity contribution in [3.63, 3.8) is 0 Å². The fourth-order valence-corrected chi connectivity index (χ4v) is 5.28. The molecule has 0 aliphatic heterocycles. The van der Waals surface area contributed by atoms with Crippen molar-refractivity contribution in [2.75, 3.05) is 0 Å². The van der Waals surface area contributed by atoms with E-state index in [1.54, 1.807) is 0 Å². The highest BCUT2D eigenvalue weighted by Crippen LogP contribution is 2.44. The van der Waals surface area contributed by atoms with Crippen molar-refractivity contribution >= 4 is 5.78 Å². The number of allylic oxidation sites excluding steroid dienone is 6. The average Bonchev–Trinajstić information content (AvgIpc) is 3.26. The summed E-state index contributed by atoms with van der Waals surface area (Å²) >= 11 is 0. The normalized spacial score (nSPS) is 23.5. The Hall–Kier alpha value is -2.67. The molecule has 1 heteroatoms. The Morgan fingerprint density at radius 2 is 1.71 bits per heavy atom. The summed E-state index contributed by atoms with van der Waals surface area (Å²) in [5.74, 6) is 0.946. The Morgan fingerprint density at radius 1 is 0.968 bits per heavy atom.